The first kappa shape index (κ1) is 19.9. The zero-order valence-electron chi connectivity index (χ0n) is 17.3. The normalized spacial score (nSPS) is 23.3. The Labute approximate surface area is 172 Å². The molecule has 156 valence electrons. The fraction of sp³-hybridized carbons (Fsp3) is 0.609. The molecular weight excluding hydrogens is 364 g/mol. The molecule has 2 aromatic rings. The lowest BCUT2D eigenvalue weighted by molar-refractivity contribution is -0.136. The minimum Gasteiger partial charge on any atom is -0.353 e. The molecule has 0 aromatic carbocycles. The van der Waals surface area contributed by atoms with Crippen LogP contribution in [0.25, 0.3) is 10.9 Å². The van der Waals surface area contributed by atoms with E-state index in [1.54, 1.807) is 6.20 Å². The summed E-state index contributed by atoms with van der Waals surface area (Å²) >= 11 is 0. The molecule has 4 rings (SSSR count). The fourth-order valence-electron chi connectivity index (χ4n) is 4.71. The fourth-order valence-corrected chi connectivity index (χ4v) is 4.71. The molecule has 6 heteroatoms. The van der Waals surface area contributed by atoms with Crippen LogP contribution in [0.5, 0.6) is 0 Å². The molecule has 0 bridgehead atoms. The standard InChI is InChI=1S/C23H32N4O2/c1-17-2-4-20(5-3-17)25-23(29)19-8-13-27(14-9-19)22(28)10-15-26-12-7-18-6-11-24-16-21(18)26/h6-7,11-12,16-17,19-20H,2-5,8-10,13-15H2,1H3,(H,25,29). The monoisotopic (exact) mass is 396 g/mol. The van der Waals surface area contributed by atoms with Gasteiger partial charge in [0, 0.05) is 55.8 Å². The number of hydrogen-bond acceptors (Lipinski definition) is 3. The Morgan fingerprint density at radius 2 is 1.86 bits per heavy atom. The first-order chi connectivity index (χ1) is 14.1. The van der Waals surface area contributed by atoms with Crippen molar-refractivity contribution in [1.29, 1.82) is 0 Å². The minimum absolute atomic E-state index is 0.0536. The van der Waals surface area contributed by atoms with E-state index in [4.69, 9.17) is 0 Å². The third kappa shape index (κ3) is 4.80. The third-order valence-electron chi connectivity index (χ3n) is 6.72. The van der Waals surface area contributed by atoms with Crippen LogP contribution < -0.4 is 5.32 Å². The summed E-state index contributed by atoms with van der Waals surface area (Å²) in [6, 6.07) is 4.39. The maximum absolute atomic E-state index is 12.6. The highest BCUT2D eigenvalue weighted by Gasteiger charge is 2.29. The van der Waals surface area contributed by atoms with E-state index in [9.17, 15) is 9.59 Å². The highest BCUT2D eigenvalue weighted by Crippen LogP contribution is 2.25. The highest BCUT2D eigenvalue weighted by molar-refractivity contribution is 5.81. The highest BCUT2D eigenvalue weighted by atomic mass is 16.2. The van der Waals surface area contributed by atoms with Crippen LogP contribution in [0, 0.1) is 11.8 Å². The number of likely N-dealkylation sites (tertiary alicyclic amines) is 1. The number of pyridine rings is 1. The molecule has 1 saturated heterocycles. The molecular formula is C23H32N4O2. The predicted molar refractivity (Wildman–Crippen MR) is 113 cm³/mol. The Morgan fingerprint density at radius 1 is 1.10 bits per heavy atom. The van der Waals surface area contributed by atoms with Gasteiger partial charge in [0.05, 0.1) is 11.7 Å². The van der Waals surface area contributed by atoms with Crippen LogP contribution >= 0.6 is 0 Å². The molecule has 2 aliphatic rings. The van der Waals surface area contributed by atoms with Gasteiger partial charge < -0.3 is 14.8 Å². The van der Waals surface area contributed by atoms with Crippen molar-refractivity contribution in [3.63, 3.8) is 0 Å². The van der Waals surface area contributed by atoms with Crippen molar-refractivity contribution >= 4 is 22.7 Å². The first-order valence-electron chi connectivity index (χ1n) is 11.1. The minimum atomic E-state index is 0.0536. The molecule has 29 heavy (non-hydrogen) atoms. The molecule has 0 atom stereocenters. The average molecular weight is 397 g/mol. The van der Waals surface area contributed by atoms with Crippen molar-refractivity contribution in [2.75, 3.05) is 13.1 Å². The zero-order valence-corrected chi connectivity index (χ0v) is 17.3. The van der Waals surface area contributed by atoms with Gasteiger partial charge in [0.15, 0.2) is 0 Å². The Bertz CT molecular complexity index is 845. The summed E-state index contributed by atoms with van der Waals surface area (Å²) in [6.45, 7) is 4.33. The van der Waals surface area contributed by atoms with Crippen LogP contribution in [-0.2, 0) is 16.1 Å². The van der Waals surface area contributed by atoms with Gasteiger partial charge in [0.25, 0.3) is 0 Å². The molecule has 0 unspecified atom stereocenters. The van der Waals surface area contributed by atoms with E-state index < -0.39 is 0 Å². The summed E-state index contributed by atoms with van der Waals surface area (Å²) in [5, 5.41) is 4.41. The second kappa shape index (κ2) is 8.97. The van der Waals surface area contributed by atoms with Crippen molar-refractivity contribution in [2.24, 2.45) is 11.8 Å². The first-order valence-corrected chi connectivity index (χ1v) is 11.1. The summed E-state index contributed by atoms with van der Waals surface area (Å²) in [6.07, 6.45) is 12.3. The summed E-state index contributed by atoms with van der Waals surface area (Å²) in [4.78, 5) is 31.4. The Kier molecular flexibility index (Phi) is 6.16. The van der Waals surface area contributed by atoms with Gasteiger partial charge in [-0.1, -0.05) is 6.92 Å². The molecule has 3 heterocycles. The number of amides is 2. The van der Waals surface area contributed by atoms with Crippen LogP contribution in [0.15, 0.2) is 30.7 Å². The lowest BCUT2D eigenvalue weighted by Gasteiger charge is -2.33. The van der Waals surface area contributed by atoms with Crippen molar-refractivity contribution < 1.29 is 9.59 Å². The number of nitrogens with one attached hydrogen (secondary N) is 1. The van der Waals surface area contributed by atoms with Gasteiger partial charge in [-0.05, 0) is 56.6 Å². The average Bonchev–Trinajstić information content (AvgIpc) is 3.17. The molecule has 1 N–H and O–H groups in total. The molecule has 1 aliphatic heterocycles. The third-order valence-corrected chi connectivity index (χ3v) is 6.72. The number of aryl methyl sites for hydroxylation is 1. The van der Waals surface area contributed by atoms with Gasteiger partial charge >= 0.3 is 0 Å². The molecule has 2 fully saturated rings. The van der Waals surface area contributed by atoms with Gasteiger partial charge in [0.1, 0.15) is 0 Å². The Balaban J connectivity index is 1.21. The van der Waals surface area contributed by atoms with Gasteiger partial charge in [-0.15, -0.1) is 0 Å². The largest absolute Gasteiger partial charge is 0.353 e. The van der Waals surface area contributed by atoms with Crippen LogP contribution in [0.1, 0.15) is 51.9 Å². The second-order valence-corrected chi connectivity index (χ2v) is 8.81. The van der Waals surface area contributed by atoms with E-state index in [1.807, 2.05) is 23.4 Å². The number of nitrogens with zero attached hydrogens (tertiary/aromatic N) is 3. The van der Waals surface area contributed by atoms with Crippen molar-refractivity contribution in [3.8, 4) is 0 Å². The molecule has 1 saturated carbocycles. The maximum Gasteiger partial charge on any atom is 0.224 e. The van der Waals surface area contributed by atoms with Gasteiger partial charge in [-0.2, -0.15) is 0 Å². The van der Waals surface area contributed by atoms with E-state index in [-0.39, 0.29) is 17.7 Å². The number of aromatic nitrogens is 2. The van der Waals surface area contributed by atoms with E-state index in [0.29, 0.717) is 32.1 Å². The van der Waals surface area contributed by atoms with Crippen LogP contribution in [0.2, 0.25) is 0 Å². The summed E-state index contributed by atoms with van der Waals surface area (Å²) in [5.74, 6) is 1.22. The van der Waals surface area contributed by atoms with Crippen molar-refractivity contribution in [2.45, 2.75) is 64.5 Å². The molecule has 1 aliphatic carbocycles. The van der Waals surface area contributed by atoms with Gasteiger partial charge in [-0.3, -0.25) is 14.6 Å². The number of fused-ring (bicyclic) bond motifs is 1. The predicted octanol–water partition coefficient (Wildman–Crippen LogP) is 3.36. The van der Waals surface area contributed by atoms with E-state index >= 15 is 0 Å². The van der Waals surface area contributed by atoms with Crippen molar-refractivity contribution in [1.82, 2.24) is 19.8 Å². The lowest BCUT2D eigenvalue weighted by Crippen LogP contribution is -2.46. The number of carbonyl (C=O) groups excluding carboxylic acids is 2. The van der Waals surface area contributed by atoms with Crippen LogP contribution in [0.3, 0.4) is 0 Å². The van der Waals surface area contributed by atoms with Crippen molar-refractivity contribution in [3.05, 3.63) is 30.7 Å². The van der Waals surface area contributed by atoms with E-state index in [0.717, 1.165) is 42.5 Å². The number of carbonyl (C=O) groups is 2. The number of piperidine rings is 1. The topological polar surface area (TPSA) is 67.2 Å². The molecule has 2 aromatic heterocycles. The molecule has 2 amide bonds. The zero-order chi connectivity index (χ0) is 20.2. The summed E-state index contributed by atoms with van der Waals surface area (Å²) < 4.78 is 2.09. The number of hydrogen-bond donors (Lipinski definition) is 1. The smallest absolute Gasteiger partial charge is 0.224 e. The molecule has 0 spiro atoms. The Morgan fingerprint density at radius 3 is 2.62 bits per heavy atom. The second-order valence-electron chi connectivity index (χ2n) is 8.81. The van der Waals surface area contributed by atoms with Gasteiger partial charge in [0.2, 0.25) is 11.8 Å². The van der Waals surface area contributed by atoms with E-state index in [2.05, 4.69) is 27.9 Å². The molecule has 0 radical (unpaired) electrons. The number of rotatable bonds is 5. The maximum atomic E-state index is 12.6. The van der Waals surface area contributed by atoms with Crippen LogP contribution in [0.4, 0.5) is 0 Å². The summed E-state index contributed by atoms with van der Waals surface area (Å²) in [5.41, 5.74) is 1.06. The van der Waals surface area contributed by atoms with Gasteiger partial charge in [-0.25, -0.2) is 0 Å². The lowest BCUT2D eigenvalue weighted by atomic mass is 9.86. The Hall–Kier alpha value is -2.37. The summed E-state index contributed by atoms with van der Waals surface area (Å²) in [7, 11) is 0. The quantitative estimate of drug-likeness (QED) is 0.843. The van der Waals surface area contributed by atoms with Crippen LogP contribution in [-0.4, -0.2) is 45.4 Å². The molecule has 6 nitrogen and oxygen atoms in total. The SMILES string of the molecule is CC1CCC(NC(=O)C2CCN(C(=O)CCn3ccc4ccncc43)CC2)CC1. The van der Waals surface area contributed by atoms with E-state index in [1.165, 1.54) is 12.8 Å².